The third kappa shape index (κ3) is 1.44. The third-order valence-electron chi connectivity index (χ3n) is 1.91. The fourth-order valence-corrected chi connectivity index (χ4v) is 1.45. The van der Waals surface area contributed by atoms with Crippen LogP contribution in [-0.4, -0.2) is 15.1 Å². The van der Waals surface area contributed by atoms with Crippen molar-refractivity contribution in [3.05, 3.63) is 43.6 Å². The number of H-pyrrole nitrogens is 1. The molecule has 6 nitrogen and oxygen atoms in total. The van der Waals surface area contributed by atoms with Crippen LogP contribution in [0.4, 0.5) is 5.82 Å². The lowest BCUT2D eigenvalue weighted by Gasteiger charge is -1.96. The number of para-hydroxylation sites is 1. The SMILES string of the molecule is O=c1c([N+](=O)[O-])n[nH]c2c(Cl)cccc12. The van der Waals surface area contributed by atoms with E-state index in [1.165, 1.54) is 6.07 Å². The van der Waals surface area contributed by atoms with Crippen LogP contribution in [0.3, 0.4) is 0 Å². The van der Waals surface area contributed by atoms with Gasteiger partial charge < -0.3 is 10.1 Å². The highest BCUT2D eigenvalue weighted by Crippen LogP contribution is 2.18. The number of hydrogen-bond acceptors (Lipinski definition) is 4. The van der Waals surface area contributed by atoms with Crippen molar-refractivity contribution in [1.82, 2.24) is 10.2 Å². The molecule has 0 fully saturated rings. The molecule has 1 N–H and O–H groups in total. The molecule has 0 saturated heterocycles. The Hall–Kier alpha value is -1.95. The number of benzene rings is 1. The summed E-state index contributed by atoms with van der Waals surface area (Å²) >= 11 is 5.78. The lowest BCUT2D eigenvalue weighted by Crippen LogP contribution is -2.12. The summed E-state index contributed by atoms with van der Waals surface area (Å²) in [6.07, 6.45) is 0. The summed E-state index contributed by atoms with van der Waals surface area (Å²) in [7, 11) is 0. The van der Waals surface area contributed by atoms with Gasteiger partial charge in [-0.2, -0.15) is 5.10 Å². The van der Waals surface area contributed by atoms with Gasteiger partial charge in [0.05, 0.1) is 15.5 Å². The van der Waals surface area contributed by atoms with E-state index >= 15 is 0 Å². The lowest BCUT2D eigenvalue weighted by molar-refractivity contribution is -0.391. The maximum atomic E-state index is 11.5. The summed E-state index contributed by atoms with van der Waals surface area (Å²) in [6.45, 7) is 0. The van der Waals surface area contributed by atoms with Crippen molar-refractivity contribution in [2.45, 2.75) is 0 Å². The van der Waals surface area contributed by atoms with Crippen LogP contribution in [0.5, 0.6) is 0 Å². The standard InChI is InChI=1S/C8H4ClN3O3/c9-5-3-1-2-4-6(5)10-11-8(7(4)13)12(14)15/h1-3H,(H,10,13). The predicted octanol–water partition coefficient (Wildman–Crippen LogP) is 1.48. The quantitative estimate of drug-likeness (QED) is 0.588. The van der Waals surface area contributed by atoms with Crippen LogP contribution < -0.4 is 5.43 Å². The van der Waals surface area contributed by atoms with Crippen LogP contribution in [-0.2, 0) is 0 Å². The first-order valence-electron chi connectivity index (χ1n) is 3.92. The maximum Gasteiger partial charge on any atom is 0.436 e. The van der Waals surface area contributed by atoms with Gasteiger partial charge in [-0.05, 0) is 17.1 Å². The van der Waals surface area contributed by atoms with E-state index in [1.54, 1.807) is 12.1 Å². The molecule has 0 aliphatic rings. The minimum atomic E-state index is -0.834. The van der Waals surface area contributed by atoms with Crippen LogP contribution >= 0.6 is 11.6 Å². The number of nitrogens with one attached hydrogen (secondary N) is 1. The van der Waals surface area contributed by atoms with Gasteiger partial charge in [0.2, 0.25) is 0 Å². The zero-order valence-electron chi connectivity index (χ0n) is 7.23. The number of halogens is 1. The molecule has 2 rings (SSSR count). The first-order chi connectivity index (χ1) is 7.11. The topological polar surface area (TPSA) is 88.9 Å². The van der Waals surface area contributed by atoms with Gasteiger partial charge in [0.25, 0.3) is 5.43 Å². The molecule has 0 saturated carbocycles. The Morgan fingerprint density at radius 3 is 2.87 bits per heavy atom. The zero-order valence-corrected chi connectivity index (χ0v) is 7.99. The fraction of sp³-hybridized carbons (Fsp3) is 0. The summed E-state index contributed by atoms with van der Waals surface area (Å²) in [6, 6.07) is 4.56. The van der Waals surface area contributed by atoms with Crippen molar-refractivity contribution in [1.29, 1.82) is 0 Å². The zero-order chi connectivity index (χ0) is 11.0. The van der Waals surface area contributed by atoms with Crippen molar-refractivity contribution in [3.8, 4) is 0 Å². The van der Waals surface area contributed by atoms with E-state index in [0.717, 1.165) is 0 Å². The predicted molar refractivity (Wildman–Crippen MR) is 54.0 cm³/mol. The number of aromatic amines is 1. The summed E-state index contributed by atoms with van der Waals surface area (Å²) in [5.41, 5.74) is -0.439. The Morgan fingerprint density at radius 1 is 1.47 bits per heavy atom. The molecule has 0 atom stereocenters. The van der Waals surface area contributed by atoms with Crippen LogP contribution in [0.25, 0.3) is 10.9 Å². The smallest absolute Gasteiger partial charge is 0.358 e. The van der Waals surface area contributed by atoms with Gasteiger partial charge in [-0.3, -0.25) is 4.79 Å². The second-order valence-electron chi connectivity index (χ2n) is 2.80. The number of rotatable bonds is 1. The Balaban J connectivity index is 2.92. The van der Waals surface area contributed by atoms with Crippen LogP contribution in [0.15, 0.2) is 23.0 Å². The second kappa shape index (κ2) is 3.32. The molecule has 0 amide bonds. The normalized spacial score (nSPS) is 10.5. The Kier molecular flexibility index (Phi) is 2.12. The number of nitrogens with zero attached hydrogens (tertiary/aromatic N) is 2. The van der Waals surface area contributed by atoms with E-state index in [9.17, 15) is 14.9 Å². The molecule has 0 aliphatic heterocycles. The minimum absolute atomic E-state index is 0.157. The van der Waals surface area contributed by atoms with E-state index in [2.05, 4.69) is 10.2 Å². The molecular weight excluding hydrogens is 222 g/mol. The summed E-state index contributed by atoms with van der Waals surface area (Å²) in [5.74, 6) is -0.732. The highest BCUT2D eigenvalue weighted by Gasteiger charge is 2.17. The maximum absolute atomic E-state index is 11.5. The highest BCUT2D eigenvalue weighted by molar-refractivity contribution is 6.34. The van der Waals surface area contributed by atoms with Gasteiger partial charge in [0.15, 0.2) is 0 Å². The van der Waals surface area contributed by atoms with Crippen LogP contribution in [0.1, 0.15) is 0 Å². The fourth-order valence-electron chi connectivity index (χ4n) is 1.23. The van der Waals surface area contributed by atoms with E-state index < -0.39 is 16.2 Å². The molecule has 0 radical (unpaired) electrons. The molecule has 0 bridgehead atoms. The second-order valence-corrected chi connectivity index (χ2v) is 3.20. The molecule has 2 aromatic rings. The average molecular weight is 226 g/mol. The van der Waals surface area contributed by atoms with Crippen molar-refractivity contribution >= 4 is 28.3 Å². The molecule has 0 spiro atoms. The van der Waals surface area contributed by atoms with Crippen molar-refractivity contribution in [2.24, 2.45) is 0 Å². The molecule has 0 unspecified atom stereocenters. The molecule has 76 valence electrons. The van der Waals surface area contributed by atoms with Crippen molar-refractivity contribution in [2.75, 3.05) is 0 Å². The van der Waals surface area contributed by atoms with Gasteiger partial charge >= 0.3 is 5.82 Å². The number of nitro groups is 1. The van der Waals surface area contributed by atoms with E-state index in [4.69, 9.17) is 11.6 Å². The molecule has 15 heavy (non-hydrogen) atoms. The minimum Gasteiger partial charge on any atom is -0.358 e. The van der Waals surface area contributed by atoms with E-state index in [-0.39, 0.29) is 5.39 Å². The largest absolute Gasteiger partial charge is 0.436 e. The van der Waals surface area contributed by atoms with Crippen molar-refractivity contribution in [3.63, 3.8) is 0 Å². The van der Waals surface area contributed by atoms with Gasteiger partial charge in [0.1, 0.15) is 5.52 Å². The Morgan fingerprint density at radius 2 is 2.20 bits per heavy atom. The summed E-state index contributed by atoms with van der Waals surface area (Å²) in [4.78, 5) is 21.1. The first kappa shape index (κ1) is 9.60. The number of hydrogen-bond donors (Lipinski definition) is 1. The van der Waals surface area contributed by atoms with Gasteiger partial charge in [0, 0.05) is 0 Å². The van der Waals surface area contributed by atoms with E-state index in [0.29, 0.717) is 10.5 Å². The summed E-state index contributed by atoms with van der Waals surface area (Å²) < 4.78 is 0. The molecule has 1 heterocycles. The van der Waals surface area contributed by atoms with Crippen LogP contribution in [0, 0.1) is 10.1 Å². The third-order valence-corrected chi connectivity index (χ3v) is 2.22. The number of aromatic nitrogens is 2. The van der Waals surface area contributed by atoms with Gasteiger partial charge in [-0.1, -0.05) is 17.7 Å². The molecule has 0 aliphatic carbocycles. The van der Waals surface area contributed by atoms with Gasteiger partial charge in [-0.15, -0.1) is 0 Å². The van der Waals surface area contributed by atoms with Crippen LogP contribution in [0.2, 0.25) is 5.02 Å². The Labute approximate surface area is 87.6 Å². The average Bonchev–Trinajstić information content (AvgIpc) is 2.19. The van der Waals surface area contributed by atoms with Crippen molar-refractivity contribution < 1.29 is 4.92 Å². The summed E-state index contributed by atoms with van der Waals surface area (Å²) in [5, 5.41) is 16.6. The number of fused-ring (bicyclic) bond motifs is 1. The Bertz CT molecular complexity index is 608. The van der Waals surface area contributed by atoms with E-state index in [1.807, 2.05) is 0 Å². The monoisotopic (exact) mass is 225 g/mol. The molecule has 1 aromatic heterocycles. The van der Waals surface area contributed by atoms with Gasteiger partial charge in [-0.25, -0.2) is 0 Å². The molecule has 7 heteroatoms. The highest BCUT2D eigenvalue weighted by atomic mass is 35.5. The first-order valence-corrected chi connectivity index (χ1v) is 4.30. The lowest BCUT2D eigenvalue weighted by atomic mass is 10.2. The molecule has 1 aromatic carbocycles. The molecular formula is C8H4ClN3O3.